The third-order valence-electron chi connectivity index (χ3n) is 4.79. The van der Waals surface area contributed by atoms with Crippen molar-refractivity contribution in [2.24, 2.45) is 0 Å². The van der Waals surface area contributed by atoms with Crippen LogP contribution in [0.2, 0.25) is 0 Å². The Hall–Kier alpha value is -2.64. The molecule has 0 atom stereocenters. The Labute approximate surface area is 147 Å². The zero-order valence-electron chi connectivity index (χ0n) is 14.1. The Bertz CT molecular complexity index is 930. The molecule has 0 aliphatic carbocycles. The molecule has 4 rings (SSSR count). The Morgan fingerprint density at radius 3 is 2.58 bits per heavy atom. The molecule has 1 fully saturated rings. The van der Waals surface area contributed by atoms with Crippen LogP contribution in [0, 0.1) is 6.92 Å². The first-order chi connectivity index (χ1) is 12.4. The van der Waals surface area contributed by atoms with E-state index in [1.165, 1.54) is 6.07 Å². The van der Waals surface area contributed by atoms with Crippen LogP contribution in [0.1, 0.15) is 36.0 Å². The molecular formula is C18H17F3N4O. The van der Waals surface area contributed by atoms with E-state index >= 15 is 0 Å². The maximum absolute atomic E-state index is 12.9. The van der Waals surface area contributed by atoms with E-state index < -0.39 is 11.7 Å². The van der Waals surface area contributed by atoms with Crippen LogP contribution < -0.4 is 4.90 Å². The Kier molecular flexibility index (Phi) is 4.05. The largest absolute Gasteiger partial charge is 0.416 e. The number of benzene rings is 1. The summed E-state index contributed by atoms with van der Waals surface area (Å²) < 4.78 is 43.8. The van der Waals surface area contributed by atoms with Gasteiger partial charge in [0.2, 0.25) is 5.89 Å². The number of hydrogen-bond acceptors (Lipinski definition) is 5. The molecular weight excluding hydrogens is 345 g/mol. The molecule has 26 heavy (non-hydrogen) atoms. The molecule has 0 saturated carbocycles. The Morgan fingerprint density at radius 1 is 1.15 bits per heavy atom. The van der Waals surface area contributed by atoms with Gasteiger partial charge in [-0.05, 0) is 31.0 Å². The number of aromatic nitrogens is 3. The van der Waals surface area contributed by atoms with Crippen LogP contribution in [0.15, 0.2) is 35.0 Å². The minimum Gasteiger partial charge on any atom is -0.371 e. The molecule has 1 aromatic carbocycles. The topological polar surface area (TPSA) is 55.1 Å². The van der Waals surface area contributed by atoms with Crippen molar-refractivity contribution in [3.05, 3.63) is 47.7 Å². The summed E-state index contributed by atoms with van der Waals surface area (Å²) in [5, 5.41) is 4.73. The molecule has 8 heteroatoms. The van der Waals surface area contributed by atoms with Crippen LogP contribution in [0.5, 0.6) is 0 Å². The highest BCUT2D eigenvalue weighted by Crippen LogP contribution is 2.35. The van der Waals surface area contributed by atoms with Crippen LogP contribution in [-0.2, 0) is 6.18 Å². The highest BCUT2D eigenvalue weighted by Gasteiger charge is 2.31. The molecule has 136 valence electrons. The van der Waals surface area contributed by atoms with Gasteiger partial charge in [-0.2, -0.15) is 18.2 Å². The van der Waals surface area contributed by atoms with Crippen LogP contribution in [0.3, 0.4) is 0 Å². The number of alkyl halides is 3. The number of rotatable bonds is 2. The Morgan fingerprint density at radius 2 is 1.92 bits per heavy atom. The monoisotopic (exact) mass is 362 g/mol. The second-order valence-corrected chi connectivity index (χ2v) is 6.49. The van der Waals surface area contributed by atoms with Gasteiger partial charge in [0.1, 0.15) is 0 Å². The molecule has 0 radical (unpaired) electrons. The van der Waals surface area contributed by atoms with Crippen LogP contribution in [0.25, 0.3) is 10.9 Å². The third kappa shape index (κ3) is 3.11. The van der Waals surface area contributed by atoms with Crippen LogP contribution in [0.4, 0.5) is 18.9 Å². The quantitative estimate of drug-likeness (QED) is 0.679. The summed E-state index contributed by atoms with van der Waals surface area (Å²) in [5.74, 6) is 1.54. The summed E-state index contributed by atoms with van der Waals surface area (Å²) in [6.07, 6.45) is -1.08. The van der Waals surface area contributed by atoms with Gasteiger partial charge in [0.15, 0.2) is 5.82 Å². The molecule has 0 spiro atoms. The van der Waals surface area contributed by atoms with Gasteiger partial charge in [-0.25, -0.2) is 0 Å². The first-order valence-electron chi connectivity index (χ1n) is 8.43. The SMILES string of the molecule is Cc1nc(C2CCN(c3ccnc4cc(C(F)(F)F)ccc34)CC2)no1. The predicted molar refractivity (Wildman–Crippen MR) is 90.0 cm³/mol. The lowest BCUT2D eigenvalue weighted by atomic mass is 9.95. The smallest absolute Gasteiger partial charge is 0.371 e. The van der Waals surface area contributed by atoms with Gasteiger partial charge in [-0.3, -0.25) is 4.98 Å². The number of piperidine rings is 1. The van der Waals surface area contributed by atoms with E-state index in [1.807, 2.05) is 6.07 Å². The highest BCUT2D eigenvalue weighted by molar-refractivity contribution is 5.92. The van der Waals surface area contributed by atoms with Gasteiger partial charge >= 0.3 is 6.18 Å². The zero-order chi connectivity index (χ0) is 18.3. The Balaban J connectivity index is 1.58. The van der Waals surface area contributed by atoms with Gasteiger partial charge < -0.3 is 9.42 Å². The lowest BCUT2D eigenvalue weighted by Crippen LogP contribution is -2.33. The van der Waals surface area contributed by atoms with E-state index in [0.717, 1.165) is 55.0 Å². The fourth-order valence-corrected chi connectivity index (χ4v) is 3.44. The minimum absolute atomic E-state index is 0.244. The number of pyridine rings is 1. The van der Waals surface area contributed by atoms with E-state index in [1.54, 1.807) is 13.1 Å². The average Bonchev–Trinajstić information content (AvgIpc) is 3.06. The van der Waals surface area contributed by atoms with E-state index in [-0.39, 0.29) is 5.92 Å². The van der Waals surface area contributed by atoms with Crippen molar-refractivity contribution >= 4 is 16.6 Å². The second-order valence-electron chi connectivity index (χ2n) is 6.49. The van der Waals surface area contributed by atoms with Gasteiger partial charge in [0.05, 0.1) is 11.1 Å². The molecule has 0 bridgehead atoms. The number of hydrogen-bond donors (Lipinski definition) is 0. The van der Waals surface area contributed by atoms with Crippen molar-refractivity contribution in [3.63, 3.8) is 0 Å². The first kappa shape index (κ1) is 16.8. The maximum Gasteiger partial charge on any atom is 0.416 e. The van der Waals surface area contributed by atoms with Gasteiger partial charge in [-0.1, -0.05) is 11.2 Å². The lowest BCUT2D eigenvalue weighted by Gasteiger charge is -2.33. The van der Waals surface area contributed by atoms with Crippen molar-refractivity contribution in [2.75, 3.05) is 18.0 Å². The summed E-state index contributed by atoms with van der Waals surface area (Å²) in [6.45, 7) is 3.32. The van der Waals surface area contributed by atoms with Crippen molar-refractivity contribution in [1.29, 1.82) is 0 Å². The molecule has 0 unspecified atom stereocenters. The van der Waals surface area contributed by atoms with Crippen molar-refractivity contribution in [2.45, 2.75) is 31.9 Å². The van der Waals surface area contributed by atoms with Crippen molar-refractivity contribution in [3.8, 4) is 0 Å². The summed E-state index contributed by atoms with van der Waals surface area (Å²) in [7, 11) is 0. The molecule has 3 aromatic rings. The molecule has 2 aromatic heterocycles. The maximum atomic E-state index is 12.9. The fraction of sp³-hybridized carbons (Fsp3) is 0.389. The summed E-state index contributed by atoms with van der Waals surface area (Å²) in [6, 6.07) is 5.58. The molecule has 0 amide bonds. The number of halogens is 3. The lowest BCUT2D eigenvalue weighted by molar-refractivity contribution is -0.137. The normalized spacial score (nSPS) is 16.4. The van der Waals surface area contributed by atoms with Gasteiger partial charge in [0.25, 0.3) is 0 Å². The van der Waals surface area contributed by atoms with Crippen LogP contribution in [-0.4, -0.2) is 28.2 Å². The van der Waals surface area contributed by atoms with Crippen molar-refractivity contribution in [1.82, 2.24) is 15.1 Å². The molecule has 1 aliphatic heterocycles. The van der Waals surface area contributed by atoms with E-state index in [4.69, 9.17) is 4.52 Å². The van der Waals surface area contributed by atoms with E-state index in [9.17, 15) is 13.2 Å². The number of anilines is 1. The van der Waals surface area contributed by atoms with E-state index in [0.29, 0.717) is 11.4 Å². The fourth-order valence-electron chi connectivity index (χ4n) is 3.44. The molecule has 1 saturated heterocycles. The van der Waals surface area contributed by atoms with E-state index in [2.05, 4.69) is 20.0 Å². The predicted octanol–water partition coefficient (Wildman–Crippen LogP) is 4.33. The van der Waals surface area contributed by atoms with Crippen molar-refractivity contribution < 1.29 is 17.7 Å². The third-order valence-corrected chi connectivity index (χ3v) is 4.79. The first-order valence-corrected chi connectivity index (χ1v) is 8.43. The highest BCUT2D eigenvalue weighted by atomic mass is 19.4. The van der Waals surface area contributed by atoms with Gasteiger partial charge in [0, 0.05) is 43.2 Å². The van der Waals surface area contributed by atoms with Gasteiger partial charge in [-0.15, -0.1) is 0 Å². The summed E-state index contributed by atoms with van der Waals surface area (Å²) in [4.78, 5) is 10.6. The average molecular weight is 362 g/mol. The minimum atomic E-state index is -4.37. The van der Waals surface area contributed by atoms with Crippen LogP contribution >= 0.6 is 0 Å². The zero-order valence-corrected chi connectivity index (χ0v) is 14.1. The number of aryl methyl sites for hydroxylation is 1. The second kappa shape index (κ2) is 6.26. The standard InChI is InChI=1S/C18H17F3N4O/c1-11-23-17(24-26-11)12-5-8-25(9-6-12)16-4-7-22-15-10-13(18(19,20)21)2-3-14(15)16/h2-4,7,10,12H,5-6,8-9H2,1H3. The molecule has 3 heterocycles. The number of nitrogens with zero attached hydrogens (tertiary/aromatic N) is 4. The summed E-state index contributed by atoms with van der Waals surface area (Å²) in [5.41, 5.74) is 0.584. The summed E-state index contributed by atoms with van der Waals surface area (Å²) >= 11 is 0. The molecule has 1 aliphatic rings. The number of fused-ring (bicyclic) bond motifs is 1. The molecule has 0 N–H and O–H groups in total. The molecule has 5 nitrogen and oxygen atoms in total.